The van der Waals surface area contributed by atoms with Crippen LogP contribution in [-0.4, -0.2) is 47.9 Å². The van der Waals surface area contributed by atoms with Crippen molar-refractivity contribution < 1.29 is 4.42 Å². The Morgan fingerprint density at radius 2 is 2.32 bits per heavy atom. The minimum absolute atomic E-state index is 0.390. The second-order valence-electron chi connectivity index (χ2n) is 6.40. The summed E-state index contributed by atoms with van der Waals surface area (Å²) in [7, 11) is 1.92. The van der Waals surface area contributed by atoms with Gasteiger partial charge in [0, 0.05) is 19.5 Å². The highest BCUT2D eigenvalue weighted by Gasteiger charge is 2.25. The van der Waals surface area contributed by atoms with Crippen LogP contribution in [0, 0.1) is 6.92 Å². The van der Waals surface area contributed by atoms with Crippen LogP contribution in [0.1, 0.15) is 36.2 Å². The summed E-state index contributed by atoms with van der Waals surface area (Å²) >= 11 is 1.48. The lowest BCUT2D eigenvalue weighted by molar-refractivity contribution is 0.180. The van der Waals surface area contributed by atoms with Crippen LogP contribution in [0.2, 0.25) is 0 Å². The van der Waals surface area contributed by atoms with Crippen LogP contribution in [0.4, 0.5) is 0 Å². The van der Waals surface area contributed by atoms with E-state index in [2.05, 4.69) is 30.3 Å². The van der Waals surface area contributed by atoms with E-state index in [1.807, 2.05) is 30.7 Å². The Bertz CT molecular complexity index is 839. The van der Waals surface area contributed by atoms with Crippen molar-refractivity contribution in [1.82, 2.24) is 34.8 Å². The van der Waals surface area contributed by atoms with Gasteiger partial charge < -0.3 is 8.98 Å². The van der Waals surface area contributed by atoms with E-state index in [1.54, 1.807) is 6.33 Å². The van der Waals surface area contributed by atoms with Crippen LogP contribution < -0.4 is 0 Å². The molecule has 0 bridgehead atoms. The SMILES string of the molecule is Cc1nc(C2CCCN(Cc3ccc(Sc4nncn4C)o3)C2)n[nH]1. The first-order valence-corrected chi connectivity index (χ1v) is 9.21. The van der Waals surface area contributed by atoms with Gasteiger partial charge in [0.2, 0.25) is 0 Å². The first-order chi connectivity index (χ1) is 12.2. The lowest BCUT2D eigenvalue weighted by Gasteiger charge is -2.30. The Morgan fingerprint density at radius 1 is 1.40 bits per heavy atom. The maximum atomic E-state index is 5.96. The molecule has 1 atom stereocenters. The summed E-state index contributed by atoms with van der Waals surface area (Å²) in [6.07, 6.45) is 3.98. The van der Waals surface area contributed by atoms with Crippen molar-refractivity contribution in [3.05, 3.63) is 35.9 Å². The van der Waals surface area contributed by atoms with E-state index in [-0.39, 0.29) is 0 Å². The summed E-state index contributed by atoms with van der Waals surface area (Å²) in [6.45, 7) is 4.78. The molecule has 132 valence electrons. The number of aryl methyl sites for hydroxylation is 2. The van der Waals surface area contributed by atoms with Gasteiger partial charge in [0.1, 0.15) is 17.9 Å². The molecule has 0 saturated carbocycles. The monoisotopic (exact) mass is 359 g/mol. The maximum Gasteiger partial charge on any atom is 0.198 e. The molecular formula is C16H21N7OS. The molecule has 0 radical (unpaired) electrons. The van der Waals surface area contributed by atoms with Crippen LogP contribution in [-0.2, 0) is 13.6 Å². The topological polar surface area (TPSA) is 88.7 Å². The van der Waals surface area contributed by atoms with Gasteiger partial charge in [-0.3, -0.25) is 10.00 Å². The number of hydrogen-bond donors (Lipinski definition) is 1. The molecular weight excluding hydrogens is 338 g/mol. The summed E-state index contributed by atoms with van der Waals surface area (Å²) in [5.74, 6) is 3.17. The molecule has 0 aliphatic carbocycles. The summed E-state index contributed by atoms with van der Waals surface area (Å²) in [5, 5.41) is 16.9. The molecule has 3 aromatic heterocycles. The molecule has 1 fully saturated rings. The zero-order chi connectivity index (χ0) is 17.2. The second-order valence-corrected chi connectivity index (χ2v) is 7.37. The zero-order valence-corrected chi connectivity index (χ0v) is 15.2. The molecule has 1 aliphatic heterocycles. The number of furan rings is 1. The van der Waals surface area contributed by atoms with Crippen LogP contribution >= 0.6 is 11.8 Å². The molecule has 0 aromatic carbocycles. The summed E-state index contributed by atoms with van der Waals surface area (Å²) in [6, 6.07) is 4.04. The summed E-state index contributed by atoms with van der Waals surface area (Å²) < 4.78 is 7.84. The van der Waals surface area contributed by atoms with E-state index in [0.29, 0.717) is 5.92 Å². The maximum absolute atomic E-state index is 5.96. The standard InChI is InChI=1S/C16H21N7OS/c1-11-18-15(20-19-11)12-4-3-7-23(8-12)9-13-5-6-14(24-13)25-16-21-17-10-22(16)2/h5-6,10,12H,3-4,7-9H2,1-2H3,(H,18,19,20). The van der Waals surface area contributed by atoms with Crippen molar-refractivity contribution in [2.24, 2.45) is 7.05 Å². The highest BCUT2D eigenvalue weighted by molar-refractivity contribution is 7.99. The Balaban J connectivity index is 1.38. The molecule has 0 amide bonds. The van der Waals surface area contributed by atoms with Crippen molar-refractivity contribution in [2.45, 2.75) is 42.5 Å². The first kappa shape index (κ1) is 16.3. The third kappa shape index (κ3) is 3.77. The molecule has 1 aliphatic rings. The van der Waals surface area contributed by atoms with Gasteiger partial charge in [0.15, 0.2) is 16.1 Å². The Hall–Kier alpha value is -2.13. The van der Waals surface area contributed by atoms with Crippen LogP contribution in [0.25, 0.3) is 0 Å². The third-order valence-corrected chi connectivity index (χ3v) is 5.34. The van der Waals surface area contributed by atoms with Gasteiger partial charge >= 0.3 is 0 Å². The van der Waals surface area contributed by atoms with Crippen molar-refractivity contribution in [2.75, 3.05) is 13.1 Å². The van der Waals surface area contributed by atoms with Gasteiger partial charge in [-0.25, -0.2) is 4.98 Å². The molecule has 1 saturated heterocycles. The lowest BCUT2D eigenvalue weighted by Crippen LogP contribution is -2.34. The molecule has 9 heteroatoms. The molecule has 0 spiro atoms. The minimum Gasteiger partial charge on any atom is -0.453 e. The number of rotatable bonds is 5. The van der Waals surface area contributed by atoms with Gasteiger partial charge in [0.05, 0.1) is 6.54 Å². The molecule has 25 heavy (non-hydrogen) atoms. The highest BCUT2D eigenvalue weighted by Crippen LogP contribution is 2.29. The number of nitrogens with one attached hydrogen (secondary N) is 1. The van der Waals surface area contributed by atoms with E-state index >= 15 is 0 Å². The summed E-state index contributed by atoms with van der Waals surface area (Å²) in [5.41, 5.74) is 0. The van der Waals surface area contributed by atoms with Gasteiger partial charge in [-0.2, -0.15) is 5.10 Å². The van der Waals surface area contributed by atoms with Crippen molar-refractivity contribution in [3.8, 4) is 0 Å². The van der Waals surface area contributed by atoms with E-state index in [4.69, 9.17) is 4.42 Å². The Kier molecular flexibility index (Phi) is 4.58. The molecule has 1 unspecified atom stereocenters. The second kappa shape index (κ2) is 7.01. The van der Waals surface area contributed by atoms with Gasteiger partial charge in [-0.1, -0.05) is 0 Å². The van der Waals surface area contributed by atoms with E-state index < -0.39 is 0 Å². The van der Waals surface area contributed by atoms with Crippen LogP contribution in [0.15, 0.2) is 33.1 Å². The smallest absolute Gasteiger partial charge is 0.198 e. The number of H-pyrrole nitrogens is 1. The molecule has 8 nitrogen and oxygen atoms in total. The Morgan fingerprint density at radius 3 is 3.08 bits per heavy atom. The number of aromatic amines is 1. The highest BCUT2D eigenvalue weighted by atomic mass is 32.2. The fourth-order valence-corrected chi connectivity index (χ4v) is 3.87. The summed E-state index contributed by atoms with van der Waals surface area (Å²) in [4.78, 5) is 6.91. The van der Waals surface area contributed by atoms with E-state index in [9.17, 15) is 0 Å². The van der Waals surface area contributed by atoms with Crippen LogP contribution in [0.5, 0.6) is 0 Å². The fraction of sp³-hybridized carbons (Fsp3) is 0.500. The van der Waals surface area contributed by atoms with Gasteiger partial charge in [0.25, 0.3) is 0 Å². The molecule has 3 aromatic rings. The van der Waals surface area contributed by atoms with E-state index in [1.165, 1.54) is 11.8 Å². The van der Waals surface area contributed by atoms with Gasteiger partial charge in [-0.15, -0.1) is 10.2 Å². The Labute approximate surface area is 150 Å². The van der Waals surface area contributed by atoms with Gasteiger partial charge in [-0.05, 0) is 50.2 Å². The molecule has 1 N–H and O–H groups in total. The zero-order valence-electron chi connectivity index (χ0n) is 14.3. The third-order valence-electron chi connectivity index (χ3n) is 4.36. The number of aromatic nitrogens is 6. The first-order valence-electron chi connectivity index (χ1n) is 8.39. The van der Waals surface area contributed by atoms with Crippen molar-refractivity contribution in [3.63, 3.8) is 0 Å². The van der Waals surface area contributed by atoms with Crippen molar-refractivity contribution in [1.29, 1.82) is 0 Å². The van der Waals surface area contributed by atoms with Crippen LogP contribution in [0.3, 0.4) is 0 Å². The quantitative estimate of drug-likeness (QED) is 0.748. The minimum atomic E-state index is 0.390. The average Bonchev–Trinajstić information content (AvgIpc) is 3.32. The fourth-order valence-electron chi connectivity index (χ4n) is 3.13. The lowest BCUT2D eigenvalue weighted by atomic mass is 9.97. The average molecular weight is 359 g/mol. The van der Waals surface area contributed by atoms with Crippen molar-refractivity contribution >= 4 is 11.8 Å². The number of hydrogen-bond acceptors (Lipinski definition) is 7. The normalized spacial score (nSPS) is 18.7. The molecule has 4 rings (SSSR count). The predicted molar refractivity (Wildman–Crippen MR) is 92.2 cm³/mol. The van der Waals surface area contributed by atoms with E-state index in [0.717, 1.165) is 60.1 Å². The molecule has 4 heterocycles. The predicted octanol–water partition coefficient (Wildman–Crippen LogP) is 2.37. The number of piperidine rings is 1. The number of likely N-dealkylation sites (tertiary alicyclic amines) is 1. The number of nitrogens with zero attached hydrogens (tertiary/aromatic N) is 6. The largest absolute Gasteiger partial charge is 0.453 e.